The molecule has 4 aromatic rings. The molecule has 160 valence electrons. The maximum atomic E-state index is 13.3. The first-order valence-corrected chi connectivity index (χ1v) is 11.3. The SMILES string of the molecule is C[C@@H](c1nc2ccccc2s1)N(C)C(=O)c1ccc2c(c1)C[C@@H](c1ccccc1)OC2=O. The predicted octanol–water partition coefficient (Wildman–Crippen LogP) is 5.58. The third-order valence-electron chi connectivity index (χ3n) is 5.97. The Morgan fingerprint density at radius 2 is 1.84 bits per heavy atom. The smallest absolute Gasteiger partial charge is 0.339 e. The average Bonchev–Trinajstić information content (AvgIpc) is 3.27. The molecular formula is C26H22N2O3S. The quantitative estimate of drug-likeness (QED) is 0.387. The largest absolute Gasteiger partial charge is 0.454 e. The maximum Gasteiger partial charge on any atom is 0.339 e. The van der Waals surface area contributed by atoms with Gasteiger partial charge in [-0.05, 0) is 48.4 Å². The summed E-state index contributed by atoms with van der Waals surface area (Å²) in [5.41, 5.74) is 3.81. The molecule has 32 heavy (non-hydrogen) atoms. The van der Waals surface area contributed by atoms with Gasteiger partial charge in [-0.2, -0.15) is 0 Å². The second-order valence-electron chi connectivity index (χ2n) is 7.99. The number of hydrogen-bond acceptors (Lipinski definition) is 5. The van der Waals surface area contributed by atoms with Gasteiger partial charge < -0.3 is 9.64 Å². The molecule has 5 rings (SSSR count). The second kappa shape index (κ2) is 8.20. The van der Waals surface area contributed by atoms with E-state index < -0.39 is 0 Å². The summed E-state index contributed by atoms with van der Waals surface area (Å²) in [5.74, 6) is -0.454. The van der Waals surface area contributed by atoms with E-state index in [9.17, 15) is 9.59 Å². The van der Waals surface area contributed by atoms with Gasteiger partial charge in [-0.1, -0.05) is 42.5 Å². The van der Waals surface area contributed by atoms with E-state index in [1.165, 1.54) is 0 Å². The Bertz CT molecular complexity index is 1280. The molecule has 0 saturated carbocycles. The molecule has 5 nitrogen and oxygen atoms in total. The van der Waals surface area contributed by atoms with Gasteiger partial charge in [-0.25, -0.2) is 9.78 Å². The molecule has 0 N–H and O–H groups in total. The number of carbonyl (C=O) groups excluding carboxylic acids is 2. The van der Waals surface area contributed by atoms with Gasteiger partial charge in [0, 0.05) is 19.0 Å². The lowest BCUT2D eigenvalue weighted by Crippen LogP contribution is -2.30. The van der Waals surface area contributed by atoms with Crippen LogP contribution in [0.5, 0.6) is 0 Å². The van der Waals surface area contributed by atoms with Gasteiger partial charge in [0.1, 0.15) is 11.1 Å². The van der Waals surface area contributed by atoms with Crippen LogP contribution in [0.3, 0.4) is 0 Å². The maximum absolute atomic E-state index is 13.3. The van der Waals surface area contributed by atoms with Crippen molar-refractivity contribution in [2.75, 3.05) is 7.05 Å². The monoisotopic (exact) mass is 442 g/mol. The fourth-order valence-corrected chi connectivity index (χ4v) is 5.06. The Hall–Kier alpha value is -3.51. The molecule has 1 aliphatic heterocycles. The number of rotatable bonds is 4. The van der Waals surface area contributed by atoms with Gasteiger partial charge in [-0.3, -0.25) is 4.79 Å². The summed E-state index contributed by atoms with van der Waals surface area (Å²) in [5, 5.41) is 0.896. The van der Waals surface area contributed by atoms with E-state index >= 15 is 0 Å². The standard InChI is InChI=1S/C26H22N2O3S/c1-16(24-27-21-10-6-7-11-23(21)32-24)28(2)25(29)18-12-13-20-19(14-18)15-22(31-26(20)30)17-8-4-3-5-9-17/h3-14,16,22H,15H2,1-2H3/t16-,22-/m0/s1. The molecule has 1 aliphatic rings. The van der Waals surface area contributed by atoms with E-state index in [1.807, 2.05) is 67.6 Å². The third-order valence-corrected chi connectivity index (χ3v) is 7.17. The first-order chi connectivity index (χ1) is 15.5. The number of cyclic esters (lactones) is 1. The topological polar surface area (TPSA) is 59.5 Å². The fraction of sp³-hybridized carbons (Fsp3) is 0.192. The van der Waals surface area contributed by atoms with Gasteiger partial charge in [0.25, 0.3) is 5.91 Å². The van der Waals surface area contributed by atoms with E-state index in [0.29, 0.717) is 17.5 Å². The Morgan fingerprint density at radius 3 is 2.62 bits per heavy atom. The second-order valence-corrected chi connectivity index (χ2v) is 9.05. The van der Waals surface area contributed by atoms with Crippen LogP contribution in [0.1, 0.15) is 55.9 Å². The van der Waals surface area contributed by atoms with E-state index in [4.69, 9.17) is 9.72 Å². The van der Waals surface area contributed by atoms with E-state index in [2.05, 4.69) is 0 Å². The zero-order valence-corrected chi connectivity index (χ0v) is 18.6. The van der Waals surface area contributed by atoms with E-state index in [0.717, 1.165) is 26.4 Å². The van der Waals surface area contributed by atoms with E-state index in [-0.39, 0.29) is 24.0 Å². The number of amides is 1. The average molecular weight is 443 g/mol. The highest BCUT2D eigenvalue weighted by Crippen LogP contribution is 2.33. The van der Waals surface area contributed by atoms with Crippen LogP contribution in [0.4, 0.5) is 0 Å². The Labute approximate surface area is 190 Å². The molecule has 0 bridgehead atoms. The summed E-state index contributed by atoms with van der Waals surface area (Å²) in [7, 11) is 1.79. The van der Waals surface area contributed by atoms with Crippen LogP contribution < -0.4 is 0 Å². The third kappa shape index (κ3) is 3.67. The number of ether oxygens (including phenoxy) is 1. The molecule has 6 heteroatoms. The van der Waals surface area contributed by atoms with Crippen molar-refractivity contribution in [3.05, 3.63) is 100 Å². The molecule has 1 amide bonds. The lowest BCUT2D eigenvalue weighted by atomic mass is 9.93. The van der Waals surface area contributed by atoms with Crippen molar-refractivity contribution >= 4 is 33.4 Å². The van der Waals surface area contributed by atoms with E-state index in [1.54, 1.807) is 35.4 Å². The lowest BCUT2D eigenvalue weighted by Gasteiger charge is -2.27. The minimum absolute atomic E-state index is 0.102. The highest BCUT2D eigenvalue weighted by Gasteiger charge is 2.29. The summed E-state index contributed by atoms with van der Waals surface area (Å²) >= 11 is 1.60. The molecule has 0 fully saturated rings. The summed E-state index contributed by atoms with van der Waals surface area (Å²) in [6.07, 6.45) is 0.199. The van der Waals surface area contributed by atoms with Gasteiger partial charge in [-0.15, -0.1) is 11.3 Å². The molecule has 0 aliphatic carbocycles. The molecule has 0 unspecified atom stereocenters. The molecule has 0 radical (unpaired) electrons. The highest BCUT2D eigenvalue weighted by molar-refractivity contribution is 7.18. The number of benzene rings is 3. The van der Waals surface area contributed by atoms with Crippen molar-refractivity contribution in [1.82, 2.24) is 9.88 Å². The first-order valence-electron chi connectivity index (χ1n) is 10.5. The minimum atomic E-state index is -0.352. The Morgan fingerprint density at radius 1 is 1.09 bits per heavy atom. The zero-order chi connectivity index (χ0) is 22.2. The highest BCUT2D eigenvalue weighted by atomic mass is 32.1. The van der Waals surface area contributed by atoms with Gasteiger partial charge in [0.05, 0.1) is 21.8 Å². The van der Waals surface area contributed by atoms with Crippen LogP contribution in [0.15, 0.2) is 72.8 Å². The molecule has 1 aromatic heterocycles. The van der Waals surface area contributed by atoms with Crippen LogP contribution in [0, 0.1) is 0 Å². The predicted molar refractivity (Wildman–Crippen MR) is 125 cm³/mol. The minimum Gasteiger partial charge on any atom is -0.454 e. The number of hydrogen-bond donors (Lipinski definition) is 0. The van der Waals surface area contributed by atoms with Crippen LogP contribution in [0.25, 0.3) is 10.2 Å². The summed E-state index contributed by atoms with van der Waals surface area (Å²) in [6.45, 7) is 1.98. The molecular weight excluding hydrogens is 420 g/mol. The number of thiazole rings is 1. The number of para-hydroxylation sites is 1. The molecule has 0 saturated heterocycles. The normalized spacial score (nSPS) is 16.3. The Balaban J connectivity index is 1.40. The zero-order valence-electron chi connectivity index (χ0n) is 17.8. The van der Waals surface area contributed by atoms with Crippen molar-refractivity contribution in [2.24, 2.45) is 0 Å². The number of aromatic nitrogens is 1. The fourth-order valence-electron chi connectivity index (χ4n) is 4.00. The van der Waals surface area contributed by atoms with Gasteiger partial charge in [0.15, 0.2) is 0 Å². The van der Waals surface area contributed by atoms with Crippen molar-refractivity contribution in [2.45, 2.75) is 25.5 Å². The van der Waals surface area contributed by atoms with Crippen LogP contribution in [-0.4, -0.2) is 28.8 Å². The molecule has 2 heterocycles. The van der Waals surface area contributed by atoms with Gasteiger partial charge in [0.2, 0.25) is 0 Å². The van der Waals surface area contributed by atoms with Crippen molar-refractivity contribution in [3.8, 4) is 0 Å². The number of fused-ring (bicyclic) bond motifs is 2. The molecule has 2 atom stereocenters. The molecule has 0 spiro atoms. The summed E-state index contributed by atoms with van der Waals surface area (Å²) in [6, 6.07) is 22.7. The van der Waals surface area contributed by atoms with Crippen LogP contribution >= 0.6 is 11.3 Å². The van der Waals surface area contributed by atoms with Gasteiger partial charge >= 0.3 is 5.97 Å². The van der Waals surface area contributed by atoms with Crippen molar-refractivity contribution < 1.29 is 14.3 Å². The molecule has 3 aromatic carbocycles. The van der Waals surface area contributed by atoms with Crippen molar-refractivity contribution in [1.29, 1.82) is 0 Å². The number of nitrogens with zero attached hydrogens (tertiary/aromatic N) is 2. The number of esters is 1. The number of carbonyl (C=O) groups is 2. The van der Waals surface area contributed by atoms with Crippen LogP contribution in [0.2, 0.25) is 0 Å². The van der Waals surface area contributed by atoms with Crippen molar-refractivity contribution in [3.63, 3.8) is 0 Å². The first kappa shape index (κ1) is 20.4. The summed E-state index contributed by atoms with van der Waals surface area (Å²) in [4.78, 5) is 32.2. The summed E-state index contributed by atoms with van der Waals surface area (Å²) < 4.78 is 6.74. The lowest BCUT2D eigenvalue weighted by molar-refractivity contribution is 0.0252. The Kier molecular flexibility index (Phi) is 5.23. The van der Waals surface area contributed by atoms with Crippen LogP contribution in [-0.2, 0) is 11.2 Å².